The molecular formula is C8H10O2S. The van der Waals surface area contributed by atoms with E-state index in [-0.39, 0.29) is 5.97 Å². The second kappa shape index (κ2) is 7.02. The number of rotatable bonds is 1. The van der Waals surface area contributed by atoms with Crippen LogP contribution in [0.15, 0.2) is 35.7 Å². The Hall–Kier alpha value is -1.09. The lowest BCUT2D eigenvalue weighted by Gasteiger charge is -1.83. The van der Waals surface area contributed by atoms with Crippen molar-refractivity contribution in [2.75, 3.05) is 0 Å². The summed E-state index contributed by atoms with van der Waals surface area (Å²) in [6.45, 7) is 4.48. The molecule has 0 fully saturated rings. The van der Waals surface area contributed by atoms with E-state index in [0.717, 1.165) is 6.26 Å². The van der Waals surface area contributed by atoms with Gasteiger partial charge in [-0.2, -0.15) is 11.3 Å². The van der Waals surface area contributed by atoms with Crippen LogP contribution in [-0.4, -0.2) is 5.97 Å². The minimum atomic E-state index is -0.329. The van der Waals surface area contributed by atoms with E-state index in [1.165, 1.54) is 6.92 Å². The van der Waals surface area contributed by atoms with Gasteiger partial charge in [0, 0.05) is 6.92 Å². The largest absolute Gasteiger partial charge is 0.435 e. The standard InChI is InChI=1S/C4H6O2.C4H4S/c1-3-6-4(2)5;1-2-4-5-3-1/h3H,1H2,2H3;1-4H. The molecule has 0 saturated heterocycles. The molecule has 2 nitrogen and oxygen atoms in total. The van der Waals surface area contributed by atoms with Gasteiger partial charge >= 0.3 is 5.97 Å². The fourth-order valence-electron chi connectivity index (χ4n) is 0.344. The van der Waals surface area contributed by atoms with Crippen molar-refractivity contribution in [2.45, 2.75) is 6.92 Å². The summed E-state index contributed by atoms with van der Waals surface area (Å²) < 4.78 is 4.17. The van der Waals surface area contributed by atoms with Gasteiger partial charge < -0.3 is 4.74 Å². The van der Waals surface area contributed by atoms with Gasteiger partial charge in [0.25, 0.3) is 0 Å². The maximum absolute atomic E-state index is 9.75. The summed E-state index contributed by atoms with van der Waals surface area (Å²) in [5.74, 6) is -0.329. The van der Waals surface area contributed by atoms with Gasteiger partial charge in [-0.15, -0.1) is 0 Å². The maximum atomic E-state index is 9.75. The summed E-state index contributed by atoms with van der Waals surface area (Å²) in [4.78, 5) is 9.75. The molecule has 11 heavy (non-hydrogen) atoms. The molecule has 3 heteroatoms. The van der Waals surface area contributed by atoms with Gasteiger partial charge in [0.2, 0.25) is 0 Å². The summed E-state index contributed by atoms with van der Waals surface area (Å²) in [6, 6.07) is 4.04. The fourth-order valence-corrected chi connectivity index (χ4v) is 0.798. The molecule has 0 N–H and O–H groups in total. The summed E-state index contributed by atoms with van der Waals surface area (Å²) in [5, 5.41) is 4.08. The highest BCUT2D eigenvalue weighted by Crippen LogP contribution is 1.91. The van der Waals surface area contributed by atoms with E-state index in [0.29, 0.717) is 0 Å². The number of carbonyl (C=O) groups excluding carboxylic acids is 1. The highest BCUT2D eigenvalue weighted by molar-refractivity contribution is 7.07. The number of esters is 1. The molecule has 0 bridgehead atoms. The summed E-state index contributed by atoms with van der Waals surface area (Å²) >= 11 is 1.71. The molecule has 0 unspecified atom stereocenters. The van der Waals surface area contributed by atoms with Crippen molar-refractivity contribution < 1.29 is 9.53 Å². The summed E-state index contributed by atoms with van der Waals surface area (Å²) in [6.07, 6.45) is 1.10. The van der Waals surface area contributed by atoms with Crippen LogP contribution < -0.4 is 0 Å². The van der Waals surface area contributed by atoms with E-state index in [9.17, 15) is 4.79 Å². The number of carbonyl (C=O) groups is 1. The minimum Gasteiger partial charge on any atom is -0.435 e. The average Bonchev–Trinajstić information content (AvgIpc) is 2.41. The Bertz CT molecular complexity index is 175. The van der Waals surface area contributed by atoms with E-state index < -0.39 is 0 Å². The van der Waals surface area contributed by atoms with Crippen LogP contribution in [-0.2, 0) is 9.53 Å². The molecule has 0 aliphatic heterocycles. The molecule has 1 aromatic rings. The normalized spacial score (nSPS) is 7.36. The lowest BCUT2D eigenvalue weighted by Crippen LogP contribution is -1.87. The minimum absolute atomic E-state index is 0.329. The maximum Gasteiger partial charge on any atom is 0.307 e. The Kier molecular flexibility index (Phi) is 6.33. The zero-order chi connectivity index (χ0) is 8.53. The number of hydrogen-bond acceptors (Lipinski definition) is 3. The Morgan fingerprint density at radius 2 is 2.09 bits per heavy atom. The van der Waals surface area contributed by atoms with Crippen molar-refractivity contribution >= 4 is 17.3 Å². The molecule has 60 valence electrons. The van der Waals surface area contributed by atoms with Crippen molar-refractivity contribution in [3.8, 4) is 0 Å². The molecule has 0 aromatic carbocycles. The lowest BCUT2D eigenvalue weighted by atomic mass is 10.7. The highest BCUT2D eigenvalue weighted by atomic mass is 32.1. The van der Waals surface area contributed by atoms with Gasteiger partial charge in [-0.3, -0.25) is 4.79 Å². The highest BCUT2D eigenvalue weighted by Gasteiger charge is 1.79. The molecule has 1 rings (SSSR count). The third-order valence-electron chi connectivity index (χ3n) is 0.675. The first kappa shape index (κ1) is 9.91. The van der Waals surface area contributed by atoms with Crippen molar-refractivity contribution in [3.05, 3.63) is 35.7 Å². The molecule has 0 aliphatic carbocycles. The summed E-state index contributed by atoms with van der Waals surface area (Å²) in [5.41, 5.74) is 0. The van der Waals surface area contributed by atoms with Gasteiger partial charge in [-0.05, 0) is 10.8 Å². The van der Waals surface area contributed by atoms with E-state index in [2.05, 4.69) is 11.3 Å². The molecule has 1 heterocycles. The van der Waals surface area contributed by atoms with E-state index in [1.54, 1.807) is 11.3 Å². The number of hydrogen-bond donors (Lipinski definition) is 0. The van der Waals surface area contributed by atoms with E-state index >= 15 is 0 Å². The van der Waals surface area contributed by atoms with Gasteiger partial charge in [-0.25, -0.2) is 0 Å². The van der Waals surface area contributed by atoms with Crippen molar-refractivity contribution in [1.82, 2.24) is 0 Å². The molecule has 0 amide bonds. The molecular weight excluding hydrogens is 160 g/mol. The van der Waals surface area contributed by atoms with Crippen LogP contribution in [0.5, 0.6) is 0 Å². The second-order valence-electron chi connectivity index (χ2n) is 1.57. The first-order valence-corrected chi connectivity index (χ1v) is 3.97. The Balaban J connectivity index is 0.000000183. The zero-order valence-corrected chi connectivity index (χ0v) is 7.14. The fraction of sp³-hybridized carbons (Fsp3) is 0.125. The van der Waals surface area contributed by atoms with Crippen LogP contribution >= 0.6 is 11.3 Å². The third-order valence-corrected chi connectivity index (χ3v) is 1.30. The van der Waals surface area contributed by atoms with Crippen LogP contribution in [0.3, 0.4) is 0 Å². The topological polar surface area (TPSA) is 26.3 Å². The molecule has 0 radical (unpaired) electrons. The molecule has 0 aliphatic rings. The Labute approximate surface area is 70.1 Å². The van der Waals surface area contributed by atoms with Gasteiger partial charge in [0.1, 0.15) is 0 Å². The van der Waals surface area contributed by atoms with E-state index in [4.69, 9.17) is 0 Å². The average molecular weight is 170 g/mol. The smallest absolute Gasteiger partial charge is 0.307 e. The first-order chi connectivity index (χ1) is 5.27. The molecule has 0 atom stereocenters. The van der Waals surface area contributed by atoms with Crippen molar-refractivity contribution in [2.24, 2.45) is 0 Å². The summed E-state index contributed by atoms with van der Waals surface area (Å²) in [7, 11) is 0. The van der Waals surface area contributed by atoms with Crippen LogP contribution in [0.2, 0.25) is 0 Å². The zero-order valence-electron chi connectivity index (χ0n) is 6.32. The predicted octanol–water partition coefficient (Wildman–Crippen LogP) is 2.44. The van der Waals surface area contributed by atoms with Gasteiger partial charge in [0.15, 0.2) is 0 Å². The molecule has 0 saturated carbocycles. The Morgan fingerprint density at radius 3 is 2.18 bits per heavy atom. The second-order valence-corrected chi connectivity index (χ2v) is 2.39. The monoisotopic (exact) mass is 170 g/mol. The SMILES string of the molecule is C=COC(C)=O.c1ccsc1. The van der Waals surface area contributed by atoms with Crippen LogP contribution in [0, 0.1) is 0 Å². The van der Waals surface area contributed by atoms with Crippen LogP contribution in [0.25, 0.3) is 0 Å². The molecule has 0 spiro atoms. The van der Waals surface area contributed by atoms with Gasteiger partial charge in [-0.1, -0.05) is 18.7 Å². The third kappa shape index (κ3) is 8.91. The first-order valence-electron chi connectivity index (χ1n) is 3.02. The van der Waals surface area contributed by atoms with Gasteiger partial charge in [0.05, 0.1) is 6.26 Å². The van der Waals surface area contributed by atoms with E-state index in [1.807, 2.05) is 22.9 Å². The lowest BCUT2D eigenvalue weighted by molar-refractivity contribution is -0.135. The number of thiophene rings is 1. The van der Waals surface area contributed by atoms with Crippen molar-refractivity contribution in [3.63, 3.8) is 0 Å². The number of ether oxygens (including phenoxy) is 1. The molecule has 1 aromatic heterocycles. The predicted molar refractivity (Wildman–Crippen MR) is 46.3 cm³/mol. The van der Waals surface area contributed by atoms with Crippen LogP contribution in [0.1, 0.15) is 6.92 Å². The quantitative estimate of drug-likeness (QED) is 0.478. The van der Waals surface area contributed by atoms with Crippen LogP contribution in [0.4, 0.5) is 0 Å². The van der Waals surface area contributed by atoms with Crippen molar-refractivity contribution in [1.29, 1.82) is 0 Å². The Morgan fingerprint density at radius 1 is 1.55 bits per heavy atom.